The molecule has 0 aliphatic rings. The van der Waals surface area contributed by atoms with E-state index in [0.717, 1.165) is 109 Å². The Balaban J connectivity index is 4.21. The smallest absolute Gasteiger partial charge is 0.306 e. The molecule has 2 atom stereocenters. The van der Waals surface area contributed by atoms with Crippen LogP contribution in [-0.2, 0) is 33.3 Å². The van der Waals surface area contributed by atoms with Crippen LogP contribution in [0.5, 0.6) is 0 Å². The first kappa shape index (κ1) is 65.2. The fourth-order valence-corrected chi connectivity index (χ4v) is 7.11. The minimum absolute atomic E-state index is 0.141. The van der Waals surface area contributed by atoms with Crippen molar-refractivity contribution in [1.82, 2.24) is 0 Å². The number of hydrogen-bond acceptors (Lipinski definition) is 8. The Labute approximate surface area is 422 Å². The number of carboxylic acid groups (broad SMARTS) is 1. The molecule has 0 amide bonds. The van der Waals surface area contributed by atoms with Crippen LogP contribution < -0.4 is 5.11 Å². The second-order valence-corrected chi connectivity index (χ2v) is 19.1. The lowest BCUT2D eigenvalue weighted by atomic mass is 10.0. The number of esters is 2. The minimum atomic E-state index is -1.63. The Kier molecular flexibility index (Phi) is 47.8. The molecule has 0 aliphatic heterocycles. The number of ether oxygens (including phenoxy) is 4. The summed E-state index contributed by atoms with van der Waals surface area (Å²) in [5.74, 6) is -2.31. The summed E-state index contributed by atoms with van der Waals surface area (Å²) in [6.45, 7) is 4.53. The molecule has 0 N–H and O–H groups in total. The number of quaternary nitrogens is 1. The summed E-state index contributed by atoms with van der Waals surface area (Å²) in [6, 6.07) is 0. The van der Waals surface area contributed by atoms with Crippen LogP contribution >= 0.6 is 0 Å². The van der Waals surface area contributed by atoms with E-state index in [2.05, 4.69) is 111 Å². The zero-order valence-electron chi connectivity index (χ0n) is 44.6. The van der Waals surface area contributed by atoms with Crippen LogP contribution in [0.25, 0.3) is 0 Å². The molecular formula is C60H101NO8. The van der Waals surface area contributed by atoms with Crippen LogP contribution in [0.15, 0.2) is 97.2 Å². The van der Waals surface area contributed by atoms with Gasteiger partial charge in [0, 0.05) is 12.8 Å². The van der Waals surface area contributed by atoms with E-state index in [1.54, 1.807) is 0 Å². The molecule has 9 heteroatoms. The fraction of sp³-hybridized carbons (Fsp3) is 0.683. The van der Waals surface area contributed by atoms with Crippen molar-refractivity contribution >= 4 is 17.9 Å². The number of nitrogens with zero attached hydrogens (tertiary/aromatic N) is 1. The van der Waals surface area contributed by atoms with E-state index in [0.29, 0.717) is 17.4 Å². The van der Waals surface area contributed by atoms with Crippen LogP contribution in [0.4, 0.5) is 0 Å². The molecule has 2 unspecified atom stereocenters. The van der Waals surface area contributed by atoms with Gasteiger partial charge >= 0.3 is 11.9 Å². The van der Waals surface area contributed by atoms with Crippen molar-refractivity contribution in [3.05, 3.63) is 97.2 Å². The summed E-state index contributed by atoms with van der Waals surface area (Å²) in [5, 5.41) is 11.7. The van der Waals surface area contributed by atoms with Crippen LogP contribution in [0.2, 0.25) is 0 Å². The Morgan fingerprint density at radius 2 is 0.826 bits per heavy atom. The largest absolute Gasteiger partial charge is 0.545 e. The van der Waals surface area contributed by atoms with Gasteiger partial charge in [-0.2, -0.15) is 0 Å². The van der Waals surface area contributed by atoms with E-state index in [1.807, 2.05) is 21.1 Å². The van der Waals surface area contributed by atoms with Gasteiger partial charge in [-0.15, -0.1) is 0 Å². The van der Waals surface area contributed by atoms with Crippen molar-refractivity contribution in [3.63, 3.8) is 0 Å². The summed E-state index contributed by atoms with van der Waals surface area (Å²) < 4.78 is 22.6. The van der Waals surface area contributed by atoms with Crippen molar-refractivity contribution in [1.29, 1.82) is 0 Å². The first-order chi connectivity index (χ1) is 33.6. The normalized spacial score (nSPS) is 13.6. The second kappa shape index (κ2) is 50.6. The molecule has 0 heterocycles. The second-order valence-electron chi connectivity index (χ2n) is 19.1. The van der Waals surface area contributed by atoms with E-state index in [1.165, 1.54) is 64.2 Å². The number of carboxylic acids is 1. The highest BCUT2D eigenvalue weighted by Gasteiger charge is 2.22. The predicted octanol–water partition coefficient (Wildman–Crippen LogP) is 14.4. The Hall–Kier alpha value is -3.79. The molecule has 0 bridgehead atoms. The lowest BCUT2D eigenvalue weighted by molar-refractivity contribution is -0.870. The average molecular weight is 964 g/mol. The fourth-order valence-electron chi connectivity index (χ4n) is 7.11. The molecule has 0 fully saturated rings. The van der Waals surface area contributed by atoms with Gasteiger partial charge < -0.3 is 33.3 Å². The van der Waals surface area contributed by atoms with Crippen molar-refractivity contribution in [2.45, 2.75) is 219 Å². The van der Waals surface area contributed by atoms with Gasteiger partial charge in [-0.3, -0.25) is 9.59 Å². The maximum absolute atomic E-state index is 12.8. The van der Waals surface area contributed by atoms with Gasteiger partial charge in [0.05, 0.1) is 40.3 Å². The molecular weight excluding hydrogens is 863 g/mol. The zero-order valence-corrected chi connectivity index (χ0v) is 44.6. The highest BCUT2D eigenvalue weighted by molar-refractivity contribution is 5.70. The summed E-state index contributed by atoms with van der Waals surface area (Å²) in [6.07, 6.45) is 64.5. The van der Waals surface area contributed by atoms with Gasteiger partial charge in [0.15, 0.2) is 12.4 Å². The summed E-state index contributed by atoms with van der Waals surface area (Å²) in [7, 11) is 5.90. The lowest BCUT2D eigenvalue weighted by Crippen LogP contribution is -2.44. The molecule has 394 valence electrons. The molecule has 0 rings (SSSR count). The van der Waals surface area contributed by atoms with Crippen LogP contribution in [0, 0.1) is 0 Å². The number of hydrogen-bond donors (Lipinski definition) is 0. The number of allylic oxidation sites excluding steroid dienone is 16. The lowest BCUT2D eigenvalue weighted by Gasteiger charge is -2.26. The number of likely N-dealkylation sites (N-methyl/N-ethyl adjacent to an activating group) is 1. The van der Waals surface area contributed by atoms with E-state index in [9.17, 15) is 19.5 Å². The van der Waals surface area contributed by atoms with Gasteiger partial charge in [0.25, 0.3) is 0 Å². The average Bonchev–Trinajstić information content (AvgIpc) is 3.31. The maximum atomic E-state index is 12.8. The predicted molar refractivity (Wildman–Crippen MR) is 287 cm³/mol. The van der Waals surface area contributed by atoms with Crippen molar-refractivity contribution < 1.29 is 42.9 Å². The first-order valence-electron chi connectivity index (χ1n) is 27.4. The number of rotatable bonds is 49. The minimum Gasteiger partial charge on any atom is -0.545 e. The van der Waals surface area contributed by atoms with Crippen molar-refractivity contribution in [2.24, 2.45) is 0 Å². The molecule has 0 aromatic carbocycles. The number of unbranched alkanes of at least 4 members (excludes halogenated alkanes) is 18. The molecule has 0 aliphatic carbocycles. The third kappa shape index (κ3) is 51.9. The van der Waals surface area contributed by atoms with Gasteiger partial charge in [0.1, 0.15) is 13.2 Å². The topological polar surface area (TPSA) is 111 Å². The standard InChI is InChI=1S/C60H101NO8/c1-6-8-10-12-14-16-18-20-21-22-23-24-25-26-27-28-29-30-31-32-33-34-35-36-37-39-41-43-45-47-49-51-58(63)69-56(55-68-60(59(64)65)66-53-52-61(3,4)5)54-67-57(62)50-48-46-44-42-40-38-19-17-15-13-11-9-7-2/h8,10-11,13-14,16-17,19-21,23-24,26-27,29-30,56,60H,6-7,9,12,15,18,22,25,28,31-55H2,1-5H3/b10-8-,13-11-,16-14-,19-17-,21-20-,24-23-,27-26-,30-29-. The van der Waals surface area contributed by atoms with Gasteiger partial charge in [-0.05, 0) is 89.9 Å². The number of carbonyl (C=O) groups excluding carboxylic acids is 3. The number of carbonyl (C=O) groups is 3. The van der Waals surface area contributed by atoms with E-state index in [-0.39, 0.29) is 38.6 Å². The molecule has 0 saturated carbocycles. The Morgan fingerprint density at radius 1 is 0.449 bits per heavy atom. The van der Waals surface area contributed by atoms with Gasteiger partial charge in [0.2, 0.25) is 0 Å². The van der Waals surface area contributed by atoms with Crippen molar-refractivity contribution in [3.8, 4) is 0 Å². The van der Waals surface area contributed by atoms with Crippen LogP contribution in [0.3, 0.4) is 0 Å². The molecule has 0 aromatic rings. The molecule has 9 nitrogen and oxygen atoms in total. The van der Waals surface area contributed by atoms with E-state index < -0.39 is 24.3 Å². The third-order valence-corrected chi connectivity index (χ3v) is 11.3. The highest BCUT2D eigenvalue weighted by Crippen LogP contribution is 2.15. The Morgan fingerprint density at radius 3 is 1.23 bits per heavy atom. The summed E-state index contributed by atoms with van der Waals surface area (Å²) >= 11 is 0. The molecule has 69 heavy (non-hydrogen) atoms. The zero-order chi connectivity index (χ0) is 50.6. The molecule has 0 aromatic heterocycles. The maximum Gasteiger partial charge on any atom is 0.306 e. The van der Waals surface area contributed by atoms with Crippen molar-refractivity contribution in [2.75, 3.05) is 47.5 Å². The monoisotopic (exact) mass is 964 g/mol. The van der Waals surface area contributed by atoms with Crippen LogP contribution in [0.1, 0.15) is 206 Å². The van der Waals surface area contributed by atoms with E-state index >= 15 is 0 Å². The van der Waals surface area contributed by atoms with Crippen LogP contribution in [-0.4, -0.2) is 82.3 Å². The quantitative estimate of drug-likeness (QED) is 0.0195. The van der Waals surface area contributed by atoms with Gasteiger partial charge in [-0.25, -0.2) is 0 Å². The van der Waals surface area contributed by atoms with Gasteiger partial charge in [-0.1, -0.05) is 201 Å². The third-order valence-electron chi connectivity index (χ3n) is 11.3. The Bertz CT molecular complexity index is 1450. The SMILES string of the molecule is CC/C=C\C/C=C\C/C=C\C/C=C\C/C=C\C/C=C\CCCCCCCCCCCCCCC(=O)OC(COC(=O)CCCCCCC/C=C\C/C=C\CCC)COC(OCC[N+](C)(C)C)C(=O)[O-]. The first-order valence-corrected chi connectivity index (χ1v) is 27.4. The molecule has 0 saturated heterocycles. The molecule has 0 spiro atoms. The molecule has 0 radical (unpaired) electrons. The number of aliphatic carboxylic acids is 1. The summed E-state index contributed by atoms with van der Waals surface area (Å²) in [5.41, 5.74) is 0. The summed E-state index contributed by atoms with van der Waals surface area (Å²) in [4.78, 5) is 37.1. The van der Waals surface area contributed by atoms with E-state index in [4.69, 9.17) is 18.9 Å². The highest BCUT2D eigenvalue weighted by atomic mass is 16.7.